The quantitative estimate of drug-likeness (QED) is 0.575. The number of rotatable bonds is 0. The first-order chi connectivity index (χ1) is 6.62. The zero-order valence-electron chi connectivity index (χ0n) is 10.5. The minimum absolute atomic E-state index is 0.190. The second kappa shape index (κ2) is 2.48. The zero-order chi connectivity index (χ0) is 11.9. The van der Waals surface area contributed by atoms with E-state index < -0.39 is 13.7 Å². The maximum atomic E-state index is 7.23. The Kier molecular flexibility index (Phi) is 0.647. The summed E-state index contributed by atoms with van der Waals surface area (Å²) < 4.78 is 43.6. The SMILES string of the molecule is [2H]C([2H])([2H])c1cnc(Br)cc1C([2H])([2H])[2H]. The topological polar surface area (TPSA) is 12.9 Å². The molecule has 0 amide bonds. The van der Waals surface area contributed by atoms with Crippen LogP contribution in [0, 0.1) is 13.7 Å². The average Bonchev–Trinajstić information content (AvgIpc) is 2.00. The van der Waals surface area contributed by atoms with Crippen LogP contribution >= 0.6 is 15.9 Å². The number of hydrogen-bond acceptors (Lipinski definition) is 1. The van der Waals surface area contributed by atoms with Gasteiger partial charge in [0.15, 0.2) is 0 Å². The van der Waals surface area contributed by atoms with Crippen molar-refractivity contribution in [2.45, 2.75) is 13.7 Å². The molecule has 1 nitrogen and oxygen atoms in total. The highest BCUT2D eigenvalue weighted by atomic mass is 79.9. The number of aryl methyl sites for hydroxylation is 2. The summed E-state index contributed by atoms with van der Waals surface area (Å²) in [5.74, 6) is 0. The molecule has 0 spiro atoms. The Hall–Kier alpha value is -0.370. The van der Waals surface area contributed by atoms with Gasteiger partial charge in [0.25, 0.3) is 0 Å². The monoisotopic (exact) mass is 191 g/mol. The van der Waals surface area contributed by atoms with E-state index in [1.165, 1.54) is 6.07 Å². The summed E-state index contributed by atoms with van der Waals surface area (Å²) in [6.45, 7) is -4.91. The molecular weight excluding hydrogens is 178 g/mol. The van der Waals surface area contributed by atoms with Gasteiger partial charge in [-0.25, -0.2) is 4.98 Å². The normalized spacial score (nSPS) is 22.3. The van der Waals surface area contributed by atoms with Crippen LogP contribution in [0.4, 0.5) is 0 Å². The first-order valence-electron chi connectivity index (χ1n) is 5.29. The van der Waals surface area contributed by atoms with Crippen molar-refractivity contribution in [1.29, 1.82) is 0 Å². The van der Waals surface area contributed by atoms with Crippen molar-refractivity contribution in [2.24, 2.45) is 0 Å². The fourth-order valence-electron chi connectivity index (χ4n) is 0.430. The summed E-state index contributed by atoms with van der Waals surface area (Å²) in [6.07, 6.45) is 1.07. The second-order valence-electron chi connectivity index (χ2n) is 1.55. The lowest BCUT2D eigenvalue weighted by Gasteiger charge is -1.96. The van der Waals surface area contributed by atoms with Crippen LogP contribution in [0.5, 0.6) is 0 Å². The number of halogens is 1. The van der Waals surface area contributed by atoms with Crippen LogP contribution in [-0.4, -0.2) is 4.98 Å². The van der Waals surface area contributed by atoms with E-state index in [1.54, 1.807) is 0 Å². The van der Waals surface area contributed by atoms with Crippen LogP contribution < -0.4 is 0 Å². The summed E-state index contributed by atoms with van der Waals surface area (Å²) in [5, 5.41) is 0. The van der Waals surface area contributed by atoms with Crippen molar-refractivity contribution in [3.63, 3.8) is 0 Å². The van der Waals surface area contributed by atoms with Gasteiger partial charge in [0.1, 0.15) is 4.60 Å². The molecule has 9 heavy (non-hydrogen) atoms. The standard InChI is InChI=1S/C7H8BrN/c1-5-3-7(8)9-4-6(5)2/h3-4H,1-2H3/i1D3,2D3. The van der Waals surface area contributed by atoms with E-state index in [0.29, 0.717) is 4.60 Å². The van der Waals surface area contributed by atoms with Crippen LogP contribution in [-0.2, 0) is 0 Å². The number of nitrogens with zero attached hydrogens (tertiary/aromatic N) is 1. The molecule has 0 N–H and O–H groups in total. The van der Waals surface area contributed by atoms with Crippen LogP contribution in [0.3, 0.4) is 0 Å². The maximum Gasteiger partial charge on any atom is 0.106 e. The molecule has 0 bridgehead atoms. The largest absolute Gasteiger partial charge is 0.249 e. The fraction of sp³-hybridized carbons (Fsp3) is 0.286. The van der Waals surface area contributed by atoms with Gasteiger partial charge in [0.05, 0.1) is 0 Å². The zero-order valence-corrected chi connectivity index (χ0v) is 6.07. The highest BCUT2D eigenvalue weighted by molar-refractivity contribution is 9.10. The Bertz CT molecular complexity index is 369. The van der Waals surface area contributed by atoms with Crippen molar-refractivity contribution in [3.05, 3.63) is 28.0 Å². The van der Waals surface area contributed by atoms with Gasteiger partial charge in [-0.15, -0.1) is 0 Å². The van der Waals surface area contributed by atoms with Gasteiger partial charge in [0.2, 0.25) is 0 Å². The Balaban J connectivity index is 3.41. The predicted octanol–water partition coefficient (Wildman–Crippen LogP) is 2.46. The van der Waals surface area contributed by atoms with Gasteiger partial charge in [-0.1, -0.05) is 0 Å². The van der Waals surface area contributed by atoms with Crippen LogP contribution in [0.25, 0.3) is 0 Å². The van der Waals surface area contributed by atoms with Gasteiger partial charge >= 0.3 is 0 Å². The first kappa shape index (κ1) is 2.35. The van der Waals surface area contributed by atoms with Crippen LogP contribution in [0.15, 0.2) is 16.9 Å². The summed E-state index contributed by atoms with van der Waals surface area (Å²) >= 11 is 3.01. The molecule has 48 valence electrons. The van der Waals surface area contributed by atoms with Crippen molar-refractivity contribution in [1.82, 2.24) is 4.98 Å². The molecule has 0 aromatic carbocycles. The van der Waals surface area contributed by atoms with Gasteiger partial charge in [0, 0.05) is 14.4 Å². The fourth-order valence-corrected chi connectivity index (χ4v) is 0.761. The van der Waals surface area contributed by atoms with Crippen LogP contribution in [0.1, 0.15) is 19.4 Å². The van der Waals surface area contributed by atoms with E-state index in [2.05, 4.69) is 20.9 Å². The minimum atomic E-state index is -2.46. The molecule has 1 rings (SSSR count). The molecular formula is C7H8BrN. The second-order valence-corrected chi connectivity index (χ2v) is 2.37. The number of aromatic nitrogens is 1. The molecule has 0 saturated carbocycles. The smallest absolute Gasteiger partial charge is 0.106 e. The van der Waals surface area contributed by atoms with E-state index in [1.807, 2.05) is 0 Å². The van der Waals surface area contributed by atoms with Crippen molar-refractivity contribution in [2.75, 3.05) is 0 Å². The third kappa shape index (κ3) is 1.52. The summed E-state index contributed by atoms with van der Waals surface area (Å²) in [4.78, 5) is 3.73. The Morgan fingerprint density at radius 3 is 3.00 bits per heavy atom. The Labute approximate surface area is 71.7 Å². The molecule has 0 fully saturated rings. The molecule has 1 aromatic rings. The van der Waals surface area contributed by atoms with E-state index in [4.69, 9.17) is 8.22 Å². The summed E-state index contributed by atoms with van der Waals surface area (Å²) in [6, 6.07) is 1.22. The van der Waals surface area contributed by atoms with Crippen molar-refractivity contribution in [3.8, 4) is 0 Å². The average molecular weight is 192 g/mol. The van der Waals surface area contributed by atoms with Gasteiger partial charge in [-0.3, -0.25) is 0 Å². The highest BCUT2D eigenvalue weighted by Gasteiger charge is 1.91. The molecule has 0 radical (unpaired) electrons. The third-order valence-corrected chi connectivity index (χ3v) is 1.30. The first-order valence-corrected chi connectivity index (χ1v) is 3.08. The van der Waals surface area contributed by atoms with E-state index in [0.717, 1.165) is 6.20 Å². The molecule has 2 heteroatoms. The highest BCUT2D eigenvalue weighted by Crippen LogP contribution is 2.10. The lowest BCUT2D eigenvalue weighted by atomic mass is 10.2. The van der Waals surface area contributed by atoms with Gasteiger partial charge in [-0.2, -0.15) is 0 Å². The summed E-state index contributed by atoms with van der Waals surface area (Å²) in [7, 11) is 0. The van der Waals surface area contributed by atoms with Crippen LogP contribution in [0.2, 0.25) is 0 Å². The molecule has 0 unspecified atom stereocenters. The van der Waals surface area contributed by atoms with Gasteiger partial charge in [-0.05, 0) is 46.8 Å². The molecule has 0 aliphatic carbocycles. The van der Waals surface area contributed by atoms with Crippen molar-refractivity contribution < 1.29 is 8.22 Å². The van der Waals surface area contributed by atoms with E-state index in [-0.39, 0.29) is 11.1 Å². The van der Waals surface area contributed by atoms with E-state index in [9.17, 15) is 0 Å². The van der Waals surface area contributed by atoms with E-state index >= 15 is 0 Å². The third-order valence-electron chi connectivity index (χ3n) is 0.871. The molecule has 0 saturated heterocycles. The minimum Gasteiger partial charge on any atom is -0.249 e. The predicted molar refractivity (Wildman–Crippen MR) is 41.4 cm³/mol. The van der Waals surface area contributed by atoms with Gasteiger partial charge < -0.3 is 0 Å². The number of pyridine rings is 1. The molecule has 1 heterocycles. The lowest BCUT2D eigenvalue weighted by molar-refractivity contribution is 1.18. The molecule has 1 aromatic heterocycles. The Morgan fingerprint density at radius 1 is 1.56 bits per heavy atom. The lowest BCUT2D eigenvalue weighted by Crippen LogP contribution is -1.82. The summed E-state index contributed by atoms with van der Waals surface area (Å²) in [5.41, 5.74) is -0.421. The van der Waals surface area contributed by atoms with Crippen molar-refractivity contribution >= 4 is 15.9 Å². The molecule has 0 aliphatic rings. The molecule has 0 atom stereocenters. The maximum absolute atomic E-state index is 7.23. The Morgan fingerprint density at radius 2 is 2.33 bits per heavy atom. The number of hydrogen-bond donors (Lipinski definition) is 0. The molecule has 0 aliphatic heterocycles.